The molecule has 1 heterocycles. The van der Waals surface area contributed by atoms with Crippen LogP contribution in [0.15, 0.2) is 48.5 Å². The van der Waals surface area contributed by atoms with Crippen molar-refractivity contribution >= 4 is 17.1 Å². The predicted molar refractivity (Wildman–Crippen MR) is 68.5 cm³/mol. The Morgan fingerprint density at radius 1 is 0.947 bits per heavy atom. The average molecular weight is 264 g/mol. The van der Waals surface area contributed by atoms with Gasteiger partial charge in [0.25, 0.3) is 0 Å². The Labute approximate surface area is 108 Å². The average Bonchev–Trinajstić information content (AvgIpc) is 2.82. The number of para-hydroxylation sites is 2. The zero-order valence-electron chi connectivity index (χ0n) is 9.91. The van der Waals surface area contributed by atoms with Gasteiger partial charge >= 0.3 is 6.18 Å². The molecule has 3 rings (SSSR count). The number of benzene rings is 2. The molecule has 98 valence electrons. The van der Waals surface area contributed by atoms with Gasteiger partial charge in [-0.15, -0.1) is 0 Å². The van der Waals surface area contributed by atoms with E-state index >= 15 is 0 Å². The van der Waals surface area contributed by atoms with Crippen LogP contribution in [0.25, 0.3) is 0 Å². The van der Waals surface area contributed by atoms with Crippen LogP contribution in [0.1, 0.15) is 5.56 Å². The Morgan fingerprint density at radius 2 is 1.63 bits per heavy atom. The minimum Gasteiger partial charge on any atom is -0.366 e. The summed E-state index contributed by atoms with van der Waals surface area (Å²) in [6, 6.07) is 12.9. The maximum Gasteiger partial charge on any atom is 0.416 e. The summed E-state index contributed by atoms with van der Waals surface area (Å²) in [5.74, 6) is 0. The Hall–Kier alpha value is -2.17. The number of alkyl halides is 3. The lowest BCUT2D eigenvalue weighted by molar-refractivity contribution is -0.137. The summed E-state index contributed by atoms with van der Waals surface area (Å²) in [5.41, 5.74) is 2.08. The van der Waals surface area contributed by atoms with Crippen molar-refractivity contribution in [2.24, 2.45) is 0 Å². The number of nitrogens with zero attached hydrogens (tertiary/aromatic N) is 1. The van der Waals surface area contributed by atoms with E-state index in [4.69, 9.17) is 0 Å². The van der Waals surface area contributed by atoms with Crippen LogP contribution in [0.3, 0.4) is 0 Å². The van der Waals surface area contributed by atoms with E-state index in [1.54, 1.807) is 0 Å². The van der Waals surface area contributed by atoms with E-state index in [0.717, 1.165) is 29.2 Å². The molecule has 2 aromatic rings. The molecule has 0 atom stereocenters. The van der Waals surface area contributed by atoms with Gasteiger partial charge in [0.1, 0.15) is 0 Å². The molecule has 0 aliphatic carbocycles. The standard InChI is InChI=1S/C14H11F3N2/c15-14(16,17)10-5-7-11(8-6-10)19-9-18-12-3-1-2-4-13(12)19/h1-8,18H,9H2. The quantitative estimate of drug-likeness (QED) is 0.829. The Balaban J connectivity index is 1.93. The normalized spacial score (nSPS) is 14.2. The van der Waals surface area contributed by atoms with Crippen molar-refractivity contribution in [2.75, 3.05) is 16.9 Å². The van der Waals surface area contributed by atoms with Gasteiger partial charge in [-0.2, -0.15) is 13.2 Å². The highest BCUT2D eigenvalue weighted by molar-refractivity contribution is 5.81. The lowest BCUT2D eigenvalue weighted by Gasteiger charge is -2.18. The van der Waals surface area contributed by atoms with E-state index in [2.05, 4.69) is 5.32 Å². The second-order valence-electron chi connectivity index (χ2n) is 4.32. The summed E-state index contributed by atoms with van der Waals surface area (Å²) in [6.45, 7) is 0.560. The van der Waals surface area contributed by atoms with Crippen molar-refractivity contribution in [1.29, 1.82) is 0 Å². The molecule has 0 saturated heterocycles. The van der Waals surface area contributed by atoms with Gasteiger partial charge in [-0.05, 0) is 36.4 Å². The molecule has 0 radical (unpaired) electrons. The van der Waals surface area contributed by atoms with Gasteiger partial charge in [-0.25, -0.2) is 0 Å². The molecule has 2 aromatic carbocycles. The van der Waals surface area contributed by atoms with Gasteiger partial charge in [-0.3, -0.25) is 0 Å². The lowest BCUT2D eigenvalue weighted by atomic mass is 10.2. The molecule has 19 heavy (non-hydrogen) atoms. The zero-order chi connectivity index (χ0) is 13.5. The predicted octanol–water partition coefficient (Wildman–Crippen LogP) is 4.23. The van der Waals surface area contributed by atoms with Gasteiger partial charge in [0.05, 0.1) is 23.6 Å². The molecule has 5 heteroatoms. The first-order chi connectivity index (χ1) is 9.05. The van der Waals surface area contributed by atoms with Crippen molar-refractivity contribution in [3.63, 3.8) is 0 Å². The minimum absolute atomic E-state index is 0.560. The summed E-state index contributed by atoms with van der Waals surface area (Å²) in [4.78, 5) is 1.94. The Bertz CT molecular complexity index is 590. The number of halogens is 3. The monoisotopic (exact) mass is 264 g/mol. The van der Waals surface area contributed by atoms with Crippen LogP contribution < -0.4 is 10.2 Å². The van der Waals surface area contributed by atoms with Crippen molar-refractivity contribution in [3.8, 4) is 0 Å². The van der Waals surface area contributed by atoms with Crippen molar-refractivity contribution in [3.05, 3.63) is 54.1 Å². The molecule has 1 aliphatic rings. The molecule has 1 aliphatic heterocycles. The number of rotatable bonds is 1. The fourth-order valence-corrected chi connectivity index (χ4v) is 2.17. The molecule has 1 N–H and O–H groups in total. The molecular formula is C14H11F3N2. The van der Waals surface area contributed by atoms with Crippen LogP contribution in [0.5, 0.6) is 0 Å². The van der Waals surface area contributed by atoms with E-state index in [1.165, 1.54) is 12.1 Å². The first kappa shape index (κ1) is 11.9. The number of hydrogen-bond acceptors (Lipinski definition) is 2. The number of hydrogen-bond donors (Lipinski definition) is 1. The van der Waals surface area contributed by atoms with Crippen molar-refractivity contribution in [2.45, 2.75) is 6.18 Å². The third kappa shape index (κ3) is 2.12. The fraction of sp³-hybridized carbons (Fsp3) is 0.143. The highest BCUT2D eigenvalue weighted by Gasteiger charge is 2.30. The molecule has 0 fully saturated rings. The molecule has 0 spiro atoms. The molecule has 2 nitrogen and oxygen atoms in total. The molecule has 0 bridgehead atoms. The third-order valence-corrected chi connectivity index (χ3v) is 3.13. The molecule has 0 saturated carbocycles. The number of nitrogens with one attached hydrogen (secondary N) is 1. The van der Waals surface area contributed by atoms with Crippen LogP contribution in [0.2, 0.25) is 0 Å². The Morgan fingerprint density at radius 3 is 2.32 bits per heavy atom. The molecule has 0 unspecified atom stereocenters. The number of anilines is 3. The molecular weight excluding hydrogens is 253 g/mol. The SMILES string of the molecule is FC(F)(F)c1ccc(N2CNc3ccccc32)cc1. The highest BCUT2D eigenvalue weighted by atomic mass is 19.4. The van der Waals surface area contributed by atoms with Gasteiger partial charge in [-0.1, -0.05) is 12.1 Å². The van der Waals surface area contributed by atoms with Gasteiger partial charge in [0.15, 0.2) is 0 Å². The van der Waals surface area contributed by atoms with E-state index in [9.17, 15) is 13.2 Å². The first-order valence-electron chi connectivity index (χ1n) is 5.83. The third-order valence-electron chi connectivity index (χ3n) is 3.13. The maximum atomic E-state index is 12.5. The van der Waals surface area contributed by atoms with Crippen LogP contribution in [-0.2, 0) is 6.18 Å². The summed E-state index contributed by atoms with van der Waals surface area (Å²) in [6.07, 6.45) is -4.29. The summed E-state index contributed by atoms with van der Waals surface area (Å²) < 4.78 is 37.5. The topological polar surface area (TPSA) is 15.3 Å². The summed E-state index contributed by atoms with van der Waals surface area (Å²) in [7, 11) is 0. The highest BCUT2D eigenvalue weighted by Crippen LogP contribution is 2.37. The smallest absolute Gasteiger partial charge is 0.366 e. The van der Waals surface area contributed by atoms with E-state index in [-0.39, 0.29) is 0 Å². The lowest BCUT2D eigenvalue weighted by Crippen LogP contribution is -2.16. The van der Waals surface area contributed by atoms with Gasteiger partial charge < -0.3 is 10.2 Å². The Kier molecular flexibility index (Phi) is 2.62. The van der Waals surface area contributed by atoms with Crippen molar-refractivity contribution in [1.82, 2.24) is 0 Å². The fourth-order valence-electron chi connectivity index (χ4n) is 2.17. The van der Waals surface area contributed by atoms with E-state index in [0.29, 0.717) is 6.67 Å². The molecule has 0 aromatic heterocycles. The second-order valence-corrected chi connectivity index (χ2v) is 4.32. The minimum atomic E-state index is -4.29. The van der Waals surface area contributed by atoms with Crippen LogP contribution in [0, 0.1) is 0 Å². The maximum absolute atomic E-state index is 12.5. The summed E-state index contributed by atoms with van der Waals surface area (Å²) in [5, 5.41) is 3.20. The number of fused-ring (bicyclic) bond motifs is 1. The van der Waals surface area contributed by atoms with E-state index < -0.39 is 11.7 Å². The van der Waals surface area contributed by atoms with Crippen LogP contribution in [0.4, 0.5) is 30.2 Å². The zero-order valence-corrected chi connectivity index (χ0v) is 9.91. The van der Waals surface area contributed by atoms with Gasteiger partial charge in [0.2, 0.25) is 0 Å². The second kappa shape index (κ2) is 4.19. The summed E-state index contributed by atoms with van der Waals surface area (Å²) >= 11 is 0. The molecule has 0 amide bonds. The van der Waals surface area contributed by atoms with Crippen LogP contribution in [-0.4, -0.2) is 6.67 Å². The van der Waals surface area contributed by atoms with E-state index in [1.807, 2.05) is 29.2 Å². The first-order valence-corrected chi connectivity index (χ1v) is 5.83. The van der Waals surface area contributed by atoms with Crippen molar-refractivity contribution < 1.29 is 13.2 Å². The van der Waals surface area contributed by atoms with Crippen LogP contribution >= 0.6 is 0 Å². The van der Waals surface area contributed by atoms with Gasteiger partial charge in [0, 0.05) is 5.69 Å². The largest absolute Gasteiger partial charge is 0.416 e.